The van der Waals surface area contributed by atoms with E-state index in [0.29, 0.717) is 5.88 Å². The van der Waals surface area contributed by atoms with Gasteiger partial charge in [-0.2, -0.15) is 0 Å². The Bertz CT molecular complexity index is 654. The lowest BCUT2D eigenvalue weighted by Gasteiger charge is -2.46. The highest BCUT2D eigenvalue weighted by atomic mass is 35.5. The molecular formula is C17H22ClN3. The number of hydrogen-bond donors (Lipinski definition) is 0. The Morgan fingerprint density at radius 3 is 2.57 bits per heavy atom. The van der Waals surface area contributed by atoms with Crippen molar-refractivity contribution in [2.45, 2.75) is 25.3 Å². The van der Waals surface area contributed by atoms with E-state index in [9.17, 15) is 0 Å². The molecule has 1 fully saturated rings. The molecule has 1 aliphatic heterocycles. The Morgan fingerprint density at radius 1 is 1.19 bits per heavy atom. The minimum absolute atomic E-state index is 0.159. The van der Waals surface area contributed by atoms with Crippen molar-refractivity contribution in [3.63, 3.8) is 0 Å². The van der Waals surface area contributed by atoms with Gasteiger partial charge in [0.15, 0.2) is 0 Å². The average molecular weight is 304 g/mol. The second-order valence-corrected chi connectivity index (χ2v) is 6.71. The van der Waals surface area contributed by atoms with Gasteiger partial charge >= 0.3 is 0 Å². The van der Waals surface area contributed by atoms with Gasteiger partial charge in [-0.3, -0.25) is 4.90 Å². The van der Waals surface area contributed by atoms with Crippen LogP contribution in [0, 0.1) is 0 Å². The lowest BCUT2D eigenvalue weighted by atomic mass is 9.99. The number of aromatic nitrogens is 1. The molecule has 0 spiro atoms. The maximum absolute atomic E-state index is 6.05. The van der Waals surface area contributed by atoms with Crippen LogP contribution in [-0.2, 0) is 5.88 Å². The standard InChI is InChI=1S/C17H22ClN3/c1-17(2)12-21(9-8-20(17)3)16-15-7-5-4-6-14(15)13(10-18)11-19-16/h4-7,11H,8-10,12H2,1-3H3. The first-order chi connectivity index (χ1) is 10.0. The molecule has 0 N–H and O–H groups in total. The van der Waals surface area contributed by atoms with E-state index in [1.54, 1.807) is 0 Å². The van der Waals surface area contributed by atoms with E-state index in [0.717, 1.165) is 31.0 Å². The predicted octanol–water partition coefficient (Wildman–Crippen LogP) is 3.50. The van der Waals surface area contributed by atoms with E-state index in [1.807, 2.05) is 6.20 Å². The number of piperazine rings is 1. The summed E-state index contributed by atoms with van der Waals surface area (Å²) < 4.78 is 0. The number of anilines is 1. The number of benzene rings is 1. The van der Waals surface area contributed by atoms with E-state index in [1.165, 1.54) is 10.8 Å². The van der Waals surface area contributed by atoms with Crippen LogP contribution in [-0.4, -0.2) is 42.1 Å². The molecule has 112 valence electrons. The number of hydrogen-bond acceptors (Lipinski definition) is 3. The molecule has 0 amide bonds. The molecule has 4 heteroatoms. The van der Waals surface area contributed by atoms with Crippen molar-refractivity contribution in [2.75, 3.05) is 31.6 Å². The molecule has 0 aliphatic carbocycles. The van der Waals surface area contributed by atoms with Gasteiger partial charge in [0.2, 0.25) is 0 Å². The molecule has 2 aromatic rings. The van der Waals surface area contributed by atoms with Crippen LogP contribution in [0.3, 0.4) is 0 Å². The molecule has 1 aromatic heterocycles. The normalized spacial score (nSPS) is 19.1. The van der Waals surface area contributed by atoms with Crippen molar-refractivity contribution >= 4 is 28.2 Å². The number of rotatable bonds is 2. The minimum atomic E-state index is 0.159. The van der Waals surface area contributed by atoms with Crippen molar-refractivity contribution in [1.29, 1.82) is 0 Å². The minimum Gasteiger partial charge on any atom is -0.353 e. The summed E-state index contributed by atoms with van der Waals surface area (Å²) in [7, 11) is 2.19. The smallest absolute Gasteiger partial charge is 0.136 e. The molecule has 3 nitrogen and oxygen atoms in total. The van der Waals surface area contributed by atoms with Crippen LogP contribution in [0.25, 0.3) is 10.8 Å². The summed E-state index contributed by atoms with van der Waals surface area (Å²) in [5, 5.41) is 2.42. The van der Waals surface area contributed by atoms with Crippen LogP contribution >= 0.6 is 11.6 Å². The predicted molar refractivity (Wildman–Crippen MR) is 90.2 cm³/mol. The monoisotopic (exact) mass is 303 g/mol. The zero-order valence-electron chi connectivity index (χ0n) is 12.9. The zero-order valence-corrected chi connectivity index (χ0v) is 13.7. The van der Waals surface area contributed by atoms with Crippen LogP contribution in [0.5, 0.6) is 0 Å². The van der Waals surface area contributed by atoms with Crippen LogP contribution < -0.4 is 4.90 Å². The lowest BCUT2D eigenvalue weighted by Crippen LogP contribution is -2.57. The van der Waals surface area contributed by atoms with E-state index >= 15 is 0 Å². The summed E-state index contributed by atoms with van der Waals surface area (Å²) in [6.07, 6.45) is 1.93. The fourth-order valence-corrected chi connectivity index (χ4v) is 3.23. The van der Waals surface area contributed by atoms with E-state index in [-0.39, 0.29) is 5.54 Å². The first-order valence-corrected chi connectivity index (χ1v) is 7.95. The van der Waals surface area contributed by atoms with Crippen molar-refractivity contribution in [3.8, 4) is 0 Å². The fourth-order valence-electron chi connectivity index (χ4n) is 3.02. The molecule has 0 atom stereocenters. The van der Waals surface area contributed by atoms with Gasteiger partial charge in [-0.25, -0.2) is 4.98 Å². The molecule has 21 heavy (non-hydrogen) atoms. The number of fused-ring (bicyclic) bond motifs is 1. The summed E-state index contributed by atoms with van der Waals surface area (Å²) in [6, 6.07) is 8.43. The number of likely N-dealkylation sites (N-methyl/N-ethyl adjacent to an activating group) is 1. The van der Waals surface area contributed by atoms with Crippen molar-refractivity contribution < 1.29 is 0 Å². The lowest BCUT2D eigenvalue weighted by molar-refractivity contribution is 0.138. The summed E-state index contributed by atoms with van der Waals surface area (Å²) in [4.78, 5) is 9.53. The van der Waals surface area contributed by atoms with Gasteiger partial charge in [-0.05, 0) is 31.8 Å². The highest BCUT2D eigenvalue weighted by Crippen LogP contribution is 2.31. The third-order valence-electron chi connectivity index (χ3n) is 4.62. The van der Waals surface area contributed by atoms with Crippen molar-refractivity contribution in [2.24, 2.45) is 0 Å². The molecular weight excluding hydrogens is 282 g/mol. The van der Waals surface area contributed by atoms with Crippen LogP contribution in [0.2, 0.25) is 0 Å². The zero-order chi connectivity index (χ0) is 15.0. The van der Waals surface area contributed by atoms with Gasteiger partial charge in [-0.15, -0.1) is 11.6 Å². The Labute approximate surface area is 131 Å². The molecule has 0 unspecified atom stereocenters. The highest BCUT2D eigenvalue weighted by molar-refractivity contribution is 6.18. The van der Waals surface area contributed by atoms with Gasteiger partial charge < -0.3 is 4.90 Å². The van der Waals surface area contributed by atoms with E-state index in [4.69, 9.17) is 16.6 Å². The number of alkyl halides is 1. The number of pyridine rings is 1. The maximum atomic E-state index is 6.05. The topological polar surface area (TPSA) is 19.4 Å². The quantitative estimate of drug-likeness (QED) is 0.792. The average Bonchev–Trinajstić information content (AvgIpc) is 2.49. The first kappa shape index (κ1) is 14.6. The summed E-state index contributed by atoms with van der Waals surface area (Å²) in [6.45, 7) is 7.63. The Balaban J connectivity index is 2.05. The van der Waals surface area contributed by atoms with Gasteiger partial charge in [0.05, 0.1) is 0 Å². The third-order valence-corrected chi connectivity index (χ3v) is 4.90. The maximum Gasteiger partial charge on any atom is 0.136 e. The molecule has 2 heterocycles. The number of halogens is 1. The summed E-state index contributed by atoms with van der Waals surface area (Å²) in [5.41, 5.74) is 1.26. The van der Waals surface area contributed by atoms with E-state index in [2.05, 4.69) is 55.0 Å². The molecule has 1 aromatic carbocycles. The van der Waals surface area contributed by atoms with Gasteiger partial charge in [0, 0.05) is 42.6 Å². The summed E-state index contributed by atoms with van der Waals surface area (Å²) in [5.74, 6) is 1.59. The molecule has 0 radical (unpaired) electrons. The molecule has 1 saturated heterocycles. The largest absolute Gasteiger partial charge is 0.353 e. The number of nitrogens with zero attached hydrogens (tertiary/aromatic N) is 3. The van der Waals surface area contributed by atoms with Gasteiger partial charge in [0.25, 0.3) is 0 Å². The highest BCUT2D eigenvalue weighted by Gasteiger charge is 2.32. The Hall–Kier alpha value is -1.32. The Kier molecular flexibility index (Phi) is 3.80. The van der Waals surface area contributed by atoms with Gasteiger partial charge in [0.1, 0.15) is 5.82 Å². The first-order valence-electron chi connectivity index (χ1n) is 7.42. The van der Waals surface area contributed by atoms with Crippen LogP contribution in [0.4, 0.5) is 5.82 Å². The van der Waals surface area contributed by atoms with E-state index < -0.39 is 0 Å². The molecule has 0 bridgehead atoms. The molecule has 3 rings (SSSR count). The molecule has 0 saturated carbocycles. The second kappa shape index (κ2) is 5.47. The fraction of sp³-hybridized carbons (Fsp3) is 0.471. The van der Waals surface area contributed by atoms with Crippen LogP contribution in [0.1, 0.15) is 19.4 Å². The van der Waals surface area contributed by atoms with Gasteiger partial charge in [-0.1, -0.05) is 24.3 Å². The SMILES string of the molecule is CN1CCN(c2ncc(CCl)c3ccccc23)CC1(C)C. The molecule has 1 aliphatic rings. The third kappa shape index (κ3) is 2.60. The van der Waals surface area contributed by atoms with Crippen LogP contribution in [0.15, 0.2) is 30.5 Å². The van der Waals surface area contributed by atoms with Crippen molar-refractivity contribution in [3.05, 3.63) is 36.0 Å². The second-order valence-electron chi connectivity index (χ2n) is 6.44. The van der Waals surface area contributed by atoms with Crippen molar-refractivity contribution in [1.82, 2.24) is 9.88 Å². The summed E-state index contributed by atoms with van der Waals surface area (Å²) >= 11 is 6.05. The Morgan fingerprint density at radius 2 is 1.90 bits per heavy atom.